The zero-order valence-corrected chi connectivity index (χ0v) is 12.1. The number of carbonyl (C=O) groups is 2. The number of anilines is 1. The second-order valence-corrected chi connectivity index (χ2v) is 5.55. The van der Waals surface area contributed by atoms with Crippen molar-refractivity contribution in [2.45, 2.75) is 13.5 Å². The fraction of sp³-hybridized carbons (Fsp3) is 0.167. The monoisotopic (exact) mass is 310 g/mol. The third-order valence-corrected chi connectivity index (χ3v) is 3.32. The van der Waals surface area contributed by atoms with Gasteiger partial charge < -0.3 is 5.32 Å². The molecule has 8 heteroatoms. The van der Waals surface area contributed by atoms with Crippen LogP contribution in [-0.4, -0.2) is 21.8 Å². The summed E-state index contributed by atoms with van der Waals surface area (Å²) in [5.41, 5.74) is 0.612. The lowest BCUT2D eigenvalue weighted by Gasteiger charge is -2.04. The number of nitrogens with one attached hydrogen (secondary N) is 2. The molecule has 0 unspecified atom stereocenters. The maximum absolute atomic E-state index is 11.6. The molecule has 0 radical (unpaired) electrons. The molecule has 0 aromatic carbocycles. The number of hydrogen-bond acceptors (Lipinski definition) is 5. The van der Waals surface area contributed by atoms with E-state index < -0.39 is 11.8 Å². The van der Waals surface area contributed by atoms with Crippen LogP contribution in [0.5, 0.6) is 0 Å². The number of hydrogen-bond donors (Lipinski definition) is 2. The van der Waals surface area contributed by atoms with Crippen molar-refractivity contribution in [1.29, 1.82) is 0 Å². The molecule has 0 spiro atoms. The van der Waals surface area contributed by atoms with Gasteiger partial charge in [-0.1, -0.05) is 11.6 Å². The highest BCUT2D eigenvalue weighted by Crippen LogP contribution is 2.16. The Labute approximate surface area is 124 Å². The van der Waals surface area contributed by atoms with E-state index in [1.165, 1.54) is 17.5 Å². The van der Waals surface area contributed by atoms with Gasteiger partial charge in [0.1, 0.15) is 0 Å². The second-order valence-electron chi connectivity index (χ2n) is 3.88. The Morgan fingerprint density at radius 2 is 2.05 bits per heavy atom. The summed E-state index contributed by atoms with van der Waals surface area (Å²) in [6.07, 6.45) is 3.09. The number of aryl methyl sites for hydroxylation is 1. The number of thiazole rings is 1. The van der Waals surface area contributed by atoms with Crippen LogP contribution in [0.1, 0.15) is 10.6 Å². The first kappa shape index (κ1) is 14.4. The molecular formula is C12H11ClN4O2S. The summed E-state index contributed by atoms with van der Waals surface area (Å²) >= 11 is 7.00. The largest absolute Gasteiger partial charge is 0.342 e. The zero-order valence-electron chi connectivity index (χ0n) is 10.5. The summed E-state index contributed by atoms with van der Waals surface area (Å²) < 4.78 is 0. The molecule has 0 saturated carbocycles. The molecule has 0 atom stereocenters. The highest BCUT2D eigenvalue weighted by Gasteiger charge is 2.14. The van der Waals surface area contributed by atoms with Crippen molar-refractivity contribution in [3.8, 4) is 0 Å². The third-order valence-electron chi connectivity index (χ3n) is 2.27. The molecule has 0 bridgehead atoms. The molecule has 2 amide bonds. The van der Waals surface area contributed by atoms with Gasteiger partial charge in [0.25, 0.3) is 0 Å². The Morgan fingerprint density at radius 1 is 1.25 bits per heavy atom. The minimum absolute atomic E-state index is 0.153. The smallest absolute Gasteiger partial charge is 0.315 e. The predicted octanol–water partition coefficient (Wildman–Crippen LogP) is 1.75. The van der Waals surface area contributed by atoms with Gasteiger partial charge in [-0.25, -0.2) is 4.98 Å². The van der Waals surface area contributed by atoms with Crippen LogP contribution in [0.15, 0.2) is 24.5 Å². The molecule has 0 aliphatic rings. The highest BCUT2D eigenvalue weighted by atomic mass is 35.5. The standard InChI is InChI=1S/C12H11ClN4O2S/c1-7-4-16-12(20-7)17-11(19)10(18)15-6-9-3-2-8(13)5-14-9/h2-5H,6H2,1H3,(H,15,18)(H,16,17,19). The Balaban J connectivity index is 1.85. The van der Waals surface area contributed by atoms with E-state index >= 15 is 0 Å². The molecule has 0 aliphatic carbocycles. The quantitative estimate of drug-likeness (QED) is 0.846. The maximum Gasteiger partial charge on any atom is 0.315 e. The fourth-order valence-electron chi connectivity index (χ4n) is 1.33. The fourth-order valence-corrected chi connectivity index (χ4v) is 2.10. The van der Waals surface area contributed by atoms with Crippen LogP contribution < -0.4 is 10.6 Å². The summed E-state index contributed by atoms with van der Waals surface area (Å²) in [6, 6.07) is 3.33. The number of rotatable bonds is 3. The summed E-state index contributed by atoms with van der Waals surface area (Å²) in [5, 5.41) is 5.80. The minimum Gasteiger partial charge on any atom is -0.342 e. The van der Waals surface area contributed by atoms with E-state index in [1.807, 2.05) is 6.92 Å². The van der Waals surface area contributed by atoms with Gasteiger partial charge >= 0.3 is 11.8 Å². The van der Waals surface area contributed by atoms with Gasteiger partial charge in [-0.2, -0.15) is 0 Å². The first-order chi connectivity index (χ1) is 9.54. The number of amides is 2. The number of carbonyl (C=O) groups excluding carboxylic acids is 2. The van der Waals surface area contributed by atoms with E-state index in [4.69, 9.17) is 11.6 Å². The van der Waals surface area contributed by atoms with Crippen LogP contribution >= 0.6 is 22.9 Å². The van der Waals surface area contributed by atoms with Crippen molar-refractivity contribution < 1.29 is 9.59 Å². The molecular weight excluding hydrogens is 300 g/mol. The topological polar surface area (TPSA) is 84.0 Å². The average molecular weight is 311 g/mol. The molecule has 0 fully saturated rings. The Hall–Kier alpha value is -1.99. The molecule has 2 N–H and O–H groups in total. The maximum atomic E-state index is 11.6. The molecule has 0 saturated heterocycles. The second kappa shape index (κ2) is 6.44. The summed E-state index contributed by atoms with van der Waals surface area (Å²) in [5.74, 6) is -1.50. The molecule has 2 heterocycles. The lowest BCUT2D eigenvalue weighted by Crippen LogP contribution is -2.35. The van der Waals surface area contributed by atoms with E-state index in [0.717, 1.165) is 4.88 Å². The first-order valence-corrected chi connectivity index (χ1v) is 6.86. The lowest BCUT2D eigenvalue weighted by atomic mass is 10.3. The number of nitrogens with zero attached hydrogens (tertiary/aromatic N) is 2. The van der Waals surface area contributed by atoms with Crippen LogP contribution in [0.2, 0.25) is 5.02 Å². The minimum atomic E-state index is -0.756. The van der Waals surface area contributed by atoms with Crippen LogP contribution in [0, 0.1) is 6.92 Å². The van der Waals surface area contributed by atoms with E-state index in [0.29, 0.717) is 15.8 Å². The molecule has 2 aromatic heterocycles. The van der Waals surface area contributed by atoms with E-state index in [2.05, 4.69) is 20.6 Å². The van der Waals surface area contributed by atoms with Gasteiger partial charge in [-0.3, -0.25) is 19.9 Å². The van der Waals surface area contributed by atoms with Gasteiger partial charge in [0.2, 0.25) is 0 Å². The predicted molar refractivity (Wildman–Crippen MR) is 76.6 cm³/mol. The van der Waals surface area contributed by atoms with E-state index in [1.54, 1.807) is 18.3 Å². The number of pyridine rings is 1. The van der Waals surface area contributed by atoms with Crippen LogP contribution in [0.4, 0.5) is 5.13 Å². The Kier molecular flexibility index (Phi) is 4.65. The molecule has 0 aliphatic heterocycles. The molecule has 2 rings (SSSR count). The van der Waals surface area contributed by atoms with Crippen LogP contribution in [-0.2, 0) is 16.1 Å². The van der Waals surface area contributed by atoms with Gasteiger partial charge in [0.05, 0.1) is 17.3 Å². The van der Waals surface area contributed by atoms with E-state index in [9.17, 15) is 9.59 Å². The zero-order chi connectivity index (χ0) is 14.5. The summed E-state index contributed by atoms with van der Waals surface area (Å²) in [4.78, 5) is 32.1. The molecule has 20 heavy (non-hydrogen) atoms. The molecule has 2 aromatic rings. The van der Waals surface area contributed by atoms with Crippen LogP contribution in [0.25, 0.3) is 0 Å². The van der Waals surface area contributed by atoms with Crippen molar-refractivity contribution in [3.05, 3.63) is 40.1 Å². The lowest BCUT2D eigenvalue weighted by molar-refractivity contribution is -0.136. The first-order valence-electron chi connectivity index (χ1n) is 5.66. The Morgan fingerprint density at radius 3 is 2.65 bits per heavy atom. The normalized spacial score (nSPS) is 10.1. The van der Waals surface area contributed by atoms with Crippen molar-refractivity contribution in [2.24, 2.45) is 0 Å². The van der Waals surface area contributed by atoms with E-state index in [-0.39, 0.29) is 6.54 Å². The number of aromatic nitrogens is 2. The SMILES string of the molecule is Cc1cnc(NC(=O)C(=O)NCc2ccc(Cl)cn2)s1. The van der Waals surface area contributed by atoms with Crippen molar-refractivity contribution in [2.75, 3.05) is 5.32 Å². The summed E-state index contributed by atoms with van der Waals surface area (Å²) in [6.45, 7) is 2.01. The van der Waals surface area contributed by atoms with Crippen molar-refractivity contribution in [1.82, 2.24) is 15.3 Å². The van der Waals surface area contributed by atoms with Gasteiger partial charge in [-0.05, 0) is 19.1 Å². The van der Waals surface area contributed by atoms with Gasteiger partial charge in [-0.15, -0.1) is 11.3 Å². The Bertz CT molecular complexity index is 627. The average Bonchev–Trinajstić information content (AvgIpc) is 2.83. The van der Waals surface area contributed by atoms with Crippen molar-refractivity contribution >= 4 is 39.9 Å². The van der Waals surface area contributed by atoms with Gasteiger partial charge in [0.15, 0.2) is 5.13 Å². The molecule has 6 nitrogen and oxygen atoms in total. The highest BCUT2D eigenvalue weighted by molar-refractivity contribution is 7.15. The van der Waals surface area contributed by atoms with Crippen LogP contribution in [0.3, 0.4) is 0 Å². The third kappa shape index (κ3) is 4.01. The number of halogens is 1. The summed E-state index contributed by atoms with van der Waals surface area (Å²) in [7, 11) is 0. The van der Waals surface area contributed by atoms with Crippen molar-refractivity contribution in [3.63, 3.8) is 0 Å². The molecule has 104 valence electrons. The van der Waals surface area contributed by atoms with Gasteiger partial charge in [0, 0.05) is 17.3 Å².